The van der Waals surface area contributed by atoms with Crippen LogP contribution in [0.2, 0.25) is 0 Å². The molecule has 0 aliphatic rings. The van der Waals surface area contributed by atoms with Crippen molar-refractivity contribution in [3.8, 4) is 22.6 Å². The van der Waals surface area contributed by atoms with Crippen LogP contribution in [0.1, 0.15) is 113 Å². The van der Waals surface area contributed by atoms with E-state index >= 15 is 0 Å². The first-order chi connectivity index (χ1) is 19.6. The van der Waals surface area contributed by atoms with Crippen LogP contribution in [0.15, 0.2) is 72.8 Å². The van der Waals surface area contributed by atoms with Gasteiger partial charge >= 0.3 is 5.97 Å². The average Bonchev–Trinajstić information content (AvgIpc) is 2.99. The maximum absolute atomic E-state index is 12.7. The zero-order valence-electron chi connectivity index (χ0n) is 24.8. The van der Waals surface area contributed by atoms with E-state index in [-0.39, 0.29) is 12.1 Å². The fourth-order valence-corrected chi connectivity index (χ4v) is 4.69. The Bertz CT molecular complexity index is 1090. The van der Waals surface area contributed by atoms with Gasteiger partial charge in [-0.05, 0) is 72.9 Å². The highest BCUT2D eigenvalue weighted by atomic mass is 16.5. The van der Waals surface area contributed by atoms with Gasteiger partial charge in [-0.25, -0.2) is 4.79 Å². The molecule has 3 rings (SSSR count). The first-order valence-electron chi connectivity index (χ1n) is 15.4. The largest absolute Gasteiger partial charge is 0.494 e. The van der Waals surface area contributed by atoms with Gasteiger partial charge in [-0.2, -0.15) is 0 Å². The van der Waals surface area contributed by atoms with Crippen molar-refractivity contribution in [3.05, 3.63) is 83.9 Å². The monoisotopic (exact) mass is 544 g/mol. The lowest BCUT2D eigenvalue weighted by Crippen LogP contribution is -2.08. The summed E-state index contributed by atoms with van der Waals surface area (Å²) >= 11 is 0. The third kappa shape index (κ3) is 11.2. The van der Waals surface area contributed by atoms with Gasteiger partial charge in [-0.1, -0.05) is 108 Å². The van der Waals surface area contributed by atoms with E-state index in [0.717, 1.165) is 48.5 Å². The van der Waals surface area contributed by atoms with Crippen molar-refractivity contribution in [2.45, 2.75) is 97.5 Å². The van der Waals surface area contributed by atoms with Gasteiger partial charge in [0.1, 0.15) is 11.5 Å². The van der Waals surface area contributed by atoms with Crippen molar-refractivity contribution in [2.24, 2.45) is 0 Å². The van der Waals surface area contributed by atoms with E-state index < -0.39 is 0 Å². The normalized spacial score (nSPS) is 11.8. The number of hydrogen-bond donors (Lipinski definition) is 0. The van der Waals surface area contributed by atoms with Crippen LogP contribution in [0.5, 0.6) is 11.5 Å². The molecule has 0 aliphatic heterocycles. The van der Waals surface area contributed by atoms with E-state index in [1.165, 1.54) is 57.8 Å². The van der Waals surface area contributed by atoms with E-state index in [4.69, 9.17) is 14.2 Å². The molecule has 3 aromatic rings. The summed E-state index contributed by atoms with van der Waals surface area (Å²) in [6.45, 7) is 7.88. The molecule has 0 fully saturated rings. The molecule has 0 aliphatic carbocycles. The summed E-state index contributed by atoms with van der Waals surface area (Å²) in [6.07, 6.45) is 14.2. The third-order valence-corrected chi connectivity index (χ3v) is 7.21. The molecular weight excluding hydrogens is 496 g/mol. The minimum Gasteiger partial charge on any atom is -0.494 e. The smallest absolute Gasteiger partial charge is 0.343 e. The van der Waals surface area contributed by atoms with Crippen LogP contribution in [0.25, 0.3) is 11.1 Å². The van der Waals surface area contributed by atoms with Gasteiger partial charge in [-0.15, -0.1) is 0 Å². The van der Waals surface area contributed by atoms with Crippen LogP contribution in [-0.4, -0.2) is 19.2 Å². The fourth-order valence-electron chi connectivity index (χ4n) is 4.69. The molecule has 3 aromatic carbocycles. The molecule has 0 amide bonds. The Hall–Kier alpha value is -3.11. The molecule has 0 radical (unpaired) electrons. The van der Waals surface area contributed by atoms with Crippen LogP contribution in [-0.2, 0) is 4.74 Å². The quantitative estimate of drug-likeness (QED) is 0.0855. The highest BCUT2D eigenvalue weighted by Gasteiger charge is 2.11. The molecule has 0 saturated heterocycles. The van der Waals surface area contributed by atoms with Crippen LogP contribution in [0, 0.1) is 0 Å². The fraction of sp³-hybridized carbons (Fsp3) is 0.472. The summed E-state index contributed by atoms with van der Waals surface area (Å²) in [5.74, 6) is 1.05. The summed E-state index contributed by atoms with van der Waals surface area (Å²) in [5.41, 5.74) is 3.71. The first kappa shape index (κ1) is 31.4. The average molecular weight is 545 g/mol. The summed E-state index contributed by atoms with van der Waals surface area (Å²) in [4.78, 5) is 12.7. The molecule has 40 heavy (non-hydrogen) atoms. The Balaban J connectivity index is 1.37. The maximum atomic E-state index is 12.7. The van der Waals surface area contributed by atoms with Crippen molar-refractivity contribution < 1.29 is 19.0 Å². The van der Waals surface area contributed by atoms with E-state index in [2.05, 4.69) is 26.0 Å². The van der Waals surface area contributed by atoms with Crippen molar-refractivity contribution in [1.82, 2.24) is 0 Å². The Labute approximate surface area is 242 Å². The maximum Gasteiger partial charge on any atom is 0.343 e. The predicted octanol–water partition coefficient (Wildman–Crippen LogP) is 10.4. The summed E-state index contributed by atoms with van der Waals surface area (Å²) < 4.78 is 17.3. The number of hydrogen-bond acceptors (Lipinski definition) is 4. The second kappa shape index (κ2) is 18.3. The van der Waals surface area contributed by atoms with Crippen LogP contribution >= 0.6 is 0 Å². The topological polar surface area (TPSA) is 44.8 Å². The van der Waals surface area contributed by atoms with Crippen molar-refractivity contribution in [1.29, 1.82) is 0 Å². The molecule has 0 aromatic heterocycles. The molecule has 4 heteroatoms. The van der Waals surface area contributed by atoms with Gasteiger partial charge in [0.05, 0.1) is 18.3 Å². The van der Waals surface area contributed by atoms with Crippen molar-refractivity contribution in [2.75, 3.05) is 13.2 Å². The van der Waals surface area contributed by atoms with Crippen molar-refractivity contribution >= 4 is 5.97 Å². The number of ether oxygens (including phenoxy) is 3. The van der Waals surface area contributed by atoms with E-state index in [0.29, 0.717) is 11.3 Å². The lowest BCUT2D eigenvalue weighted by atomic mass is 10.0. The molecular formula is C36H48O4. The molecule has 0 N–H and O–H groups in total. The van der Waals surface area contributed by atoms with Crippen LogP contribution in [0.4, 0.5) is 0 Å². The molecule has 0 saturated carbocycles. The molecule has 0 bridgehead atoms. The third-order valence-electron chi connectivity index (χ3n) is 7.21. The number of rotatable bonds is 19. The summed E-state index contributed by atoms with van der Waals surface area (Å²) in [5, 5.41) is 0. The van der Waals surface area contributed by atoms with Gasteiger partial charge in [-0.3, -0.25) is 0 Å². The molecule has 4 nitrogen and oxygen atoms in total. The number of benzene rings is 3. The van der Waals surface area contributed by atoms with Gasteiger partial charge in [0.15, 0.2) is 0 Å². The Morgan fingerprint density at radius 1 is 0.600 bits per heavy atom. The second-order valence-electron chi connectivity index (χ2n) is 10.6. The van der Waals surface area contributed by atoms with Gasteiger partial charge in [0.2, 0.25) is 0 Å². The Morgan fingerprint density at radius 2 is 1.12 bits per heavy atom. The molecule has 1 unspecified atom stereocenters. The zero-order chi connectivity index (χ0) is 28.4. The number of esters is 1. The number of carbonyl (C=O) groups is 1. The molecule has 1 atom stereocenters. The SMILES string of the molecule is CCCCCCCCCCCCOc1ccc(-c2ccc(C(=O)Oc3ccc(C(C)OCCC)cc3)cc2)cc1. The zero-order valence-corrected chi connectivity index (χ0v) is 24.8. The van der Waals surface area contributed by atoms with Crippen LogP contribution in [0.3, 0.4) is 0 Å². The standard InChI is InChI=1S/C36H48O4/c1-4-6-7-8-9-10-11-12-13-14-28-39-34-23-21-32(22-24-34)31-15-17-33(18-16-31)36(37)40-35-25-19-30(20-26-35)29(3)38-27-5-2/h15-26,29H,4-14,27-28H2,1-3H3. The molecule has 0 heterocycles. The van der Waals surface area contributed by atoms with E-state index in [1.54, 1.807) is 0 Å². The number of carbonyl (C=O) groups excluding carboxylic acids is 1. The molecule has 0 spiro atoms. The Morgan fingerprint density at radius 3 is 1.70 bits per heavy atom. The lowest BCUT2D eigenvalue weighted by Gasteiger charge is -2.13. The van der Waals surface area contributed by atoms with Gasteiger partial charge in [0, 0.05) is 6.61 Å². The summed E-state index contributed by atoms with van der Waals surface area (Å²) in [6, 6.07) is 23.2. The van der Waals surface area contributed by atoms with Gasteiger partial charge < -0.3 is 14.2 Å². The van der Waals surface area contributed by atoms with Crippen molar-refractivity contribution in [3.63, 3.8) is 0 Å². The minimum absolute atomic E-state index is 0.0161. The lowest BCUT2D eigenvalue weighted by molar-refractivity contribution is 0.0662. The van der Waals surface area contributed by atoms with Crippen LogP contribution < -0.4 is 9.47 Å². The summed E-state index contributed by atoms with van der Waals surface area (Å²) in [7, 11) is 0. The van der Waals surface area contributed by atoms with Gasteiger partial charge in [0.25, 0.3) is 0 Å². The highest BCUT2D eigenvalue weighted by Crippen LogP contribution is 2.25. The first-order valence-corrected chi connectivity index (χ1v) is 15.4. The minimum atomic E-state index is -0.370. The van der Waals surface area contributed by atoms with E-state index in [1.807, 2.05) is 67.6 Å². The Kier molecular flexibility index (Phi) is 14.4. The predicted molar refractivity (Wildman–Crippen MR) is 165 cm³/mol. The van der Waals surface area contributed by atoms with E-state index in [9.17, 15) is 4.79 Å². The number of unbranched alkanes of at least 4 members (excludes halogenated alkanes) is 9. The highest BCUT2D eigenvalue weighted by molar-refractivity contribution is 5.91. The second-order valence-corrected chi connectivity index (χ2v) is 10.6. The molecule has 216 valence electrons.